The highest BCUT2D eigenvalue weighted by Crippen LogP contribution is 2.10. The molecular weight excluding hydrogens is 216 g/mol. The number of rotatable bonds is 0. The van der Waals surface area contributed by atoms with Gasteiger partial charge >= 0.3 is 0 Å². The van der Waals surface area contributed by atoms with Gasteiger partial charge < -0.3 is 0 Å². The Morgan fingerprint density at radius 3 is 2.81 bits per heavy atom. The van der Waals surface area contributed by atoms with Gasteiger partial charge in [0.15, 0.2) is 5.43 Å². The zero-order chi connectivity index (χ0) is 11.0. The molecule has 0 aliphatic heterocycles. The summed E-state index contributed by atoms with van der Waals surface area (Å²) in [6.07, 6.45) is 7.56. The average molecular weight is 228 g/mol. The molecule has 0 atom stereocenters. The molecule has 0 bridgehead atoms. The van der Waals surface area contributed by atoms with E-state index >= 15 is 0 Å². The molecule has 1 aromatic carbocycles. The molecule has 0 radical (unpaired) electrons. The summed E-state index contributed by atoms with van der Waals surface area (Å²) < 4.78 is 2.25. The van der Waals surface area contributed by atoms with Gasteiger partial charge in [0.25, 0.3) is 0 Å². The molecule has 0 saturated heterocycles. The maximum absolute atomic E-state index is 12.3. The summed E-state index contributed by atoms with van der Waals surface area (Å²) in [7, 11) is 0. The van der Waals surface area contributed by atoms with Gasteiger partial charge in [0.2, 0.25) is 0 Å². The predicted octanol–water partition coefficient (Wildman–Crippen LogP) is 2.01. The Morgan fingerprint density at radius 1 is 1.06 bits per heavy atom. The highest BCUT2D eigenvalue weighted by Gasteiger charge is 2.03. The monoisotopic (exact) mass is 228 g/mol. The summed E-state index contributed by atoms with van der Waals surface area (Å²) >= 11 is 1.73. The topological polar surface area (TPSA) is 17.1 Å². The Hall–Kier alpha value is -1.41. The zero-order valence-electron chi connectivity index (χ0n) is 8.90. The van der Waals surface area contributed by atoms with Crippen molar-refractivity contribution in [3.63, 3.8) is 0 Å². The first-order chi connectivity index (χ1) is 7.86. The number of hydrogen-bond acceptors (Lipinski definition) is 2. The fourth-order valence-electron chi connectivity index (χ4n) is 2.12. The molecule has 2 heteroatoms. The lowest BCUT2D eigenvalue weighted by molar-refractivity contribution is 0.925. The van der Waals surface area contributed by atoms with Crippen LogP contribution in [0.5, 0.6) is 0 Å². The van der Waals surface area contributed by atoms with Crippen molar-refractivity contribution < 1.29 is 0 Å². The molecule has 80 valence electrons. The van der Waals surface area contributed by atoms with Crippen LogP contribution in [0.4, 0.5) is 0 Å². The standard InChI is InChI=1S/C14H12OS/c15-14-10-6-2-1-3-8-12(10)16-13-9-5-4-7-11(13)14/h4-9H,1-3H2. The number of hydrogen-bond donors (Lipinski definition) is 0. The van der Waals surface area contributed by atoms with Gasteiger partial charge in [-0.1, -0.05) is 24.3 Å². The van der Waals surface area contributed by atoms with Crippen molar-refractivity contribution >= 4 is 33.6 Å². The zero-order valence-corrected chi connectivity index (χ0v) is 9.72. The van der Waals surface area contributed by atoms with E-state index < -0.39 is 0 Å². The molecule has 16 heavy (non-hydrogen) atoms. The van der Waals surface area contributed by atoms with Crippen molar-refractivity contribution in [3.8, 4) is 0 Å². The molecule has 0 fully saturated rings. The van der Waals surface area contributed by atoms with Crippen LogP contribution in [0.3, 0.4) is 0 Å². The van der Waals surface area contributed by atoms with E-state index in [0.29, 0.717) is 0 Å². The normalized spacial score (nSPS) is 14.8. The lowest BCUT2D eigenvalue weighted by Crippen LogP contribution is -2.36. The minimum atomic E-state index is 0.197. The molecular formula is C14H12OS. The smallest absolute Gasteiger partial charge is 0.195 e. The third kappa shape index (κ3) is 1.50. The Morgan fingerprint density at radius 2 is 1.88 bits per heavy atom. The second-order valence-electron chi connectivity index (χ2n) is 4.04. The first-order valence-corrected chi connectivity index (χ1v) is 6.40. The SMILES string of the molecule is O=c1c2c(sc3ccccc13)=CCCCC=2. The maximum atomic E-state index is 12.3. The summed E-state index contributed by atoms with van der Waals surface area (Å²) in [5.41, 5.74) is 0.197. The fourth-order valence-corrected chi connectivity index (χ4v) is 3.26. The van der Waals surface area contributed by atoms with Gasteiger partial charge in [0, 0.05) is 19.8 Å². The maximum Gasteiger partial charge on any atom is 0.195 e. The van der Waals surface area contributed by atoms with Crippen LogP contribution < -0.4 is 15.2 Å². The summed E-state index contributed by atoms with van der Waals surface area (Å²) in [5, 5.41) is 1.78. The second kappa shape index (κ2) is 3.87. The Kier molecular flexibility index (Phi) is 2.37. The molecule has 1 heterocycles. The first-order valence-electron chi connectivity index (χ1n) is 5.58. The Bertz CT molecular complexity index is 710. The van der Waals surface area contributed by atoms with Crippen molar-refractivity contribution in [2.24, 2.45) is 0 Å². The van der Waals surface area contributed by atoms with E-state index in [-0.39, 0.29) is 5.43 Å². The van der Waals surface area contributed by atoms with Crippen molar-refractivity contribution in [1.82, 2.24) is 0 Å². The van der Waals surface area contributed by atoms with Crippen molar-refractivity contribution in [3.05, 3.63) is 44.2 Å². The van der Waals surface area contributed by atoms with Crippen LogP contribution in [0.15, 0.2) is 29.1 Å². The molecule has 2 aromatic rings. The highest BCUT2D eigenvalue weighted by atomic mass is 32.1. The van der Waals surface area contributed by atoms with E-state index in [1.165, 1.54) is 0 Å². The van der Waals surface area contributed by atoms with Crippen LogP contribution in [-0.4, -0.2) is 0 Å². The van der Waals surface area contributed by atoms with Gasteiger partial charge in [-0.2, -0.15) is 0 Å². The van der Waals surface area contributed by atoms with Crippen LogP contribution in [-0.2, 0) is 0 Å². The van der Waals surface area contributed by atoms with E-state index in [4.69, 9.17) is 0 Å². The van der Waals surface area contributed by atoms with Gasteiger partial charge in [0.1, 0.15) is 0 Å². The molecule has 0 spiro atoms. The minimum absolute atomic E-state index is 0.197. The van der Waals surface area contributed by atoms with Crippen molar-refractivity contribution in [2.45, 2.75) is 19.3 Å². The summed E-state index contributed by atoms with van der Waals surface area (Å²) in [6.45, 7) is 0. The van der Waals surface area contributed by atoms with Crippen LogP contribution in [0.1, 0.15) is 19.3 Å². The Balaban J connectivity index is 2.59. The van der Waals surface area contributed by atoms with Crippen LogP contribution in [0, 0.1) is 0 Å². The molecule has 1 aliphatic rings. The van der Waals surface area contributed by atoms with Crippen molar-refractivity contribution in [1.29, 1.82) is 0 Å². The summed E-state index contributed by atoms with van der Waals surface area (Å²) in [4.78, 5) is 12.3. The lowest BCUT2D eigenvalue weighted by atomic mass is 10.2. The first kappa shape index (κ1) is 9.79. The van der Waals surface area contributed by atoms with E-state index in [0.717, 1.165) is 39.1 Å². The van der Waals surface area contributed by atoms with Crippen LogP contribution in [0.2, 0.25) is 0 Å². The van der Waals surface area contributed by atoms with E-state index in [1.54, 1.807) is 11.3 Å². The Labute approximate surface area is 97.4 Å². The van der Waals surface area contributed by atoms with Crippen LogP contribution in [0.25, 0.3) is 22.2 Å². The predicted molar refractivity (Wildman–Crippen MR) is 70.1 cm³/mol. The molecule has 1 aliphatic carbocycles. The second-order valence-corrected chi connectivity index (χ2v) is 5.13. The molecule has 1 aromatic heterocycles. The van der Waals surface area contributed by atoms with Gasteiger partial charge in [-0.15, -0.1) is 11.3 Å². The van der Waals surface area contributed by atoms with E-state index in [9.17, 15) is 4.79 Å². The molecule has 0 saturated carbocycles. The van der Waals surface area contributed by atoms with Gasteiger partial charge in [-0.05, 0) is 31.4 Å². The lowest BCUT2D eigenvalue weighted by Gasteiger charge is -1.95. The number of fused-ring (bicyclic) bond motifs is 2. The molecule has 0 N–H and O–H groups in total. The third-order valence-electron chi connectivity index (χ3n) is 2.95. The summed E-state index contributed by atoms with van der Waals surface area (Å²) in [6, 6.07) is 7.88. The van der Waals surface area contributed by atoms with Gasteiger partial charge in [-0.25, -0.2) is 0 Å². The quantitative estimate of drug-likeness (QED) is 0.674. The molecule has 3 rings (SSSR count). The highest BCUT2D eigenvalue weighted by molar-refractivity contribution is 7.16. The largest absolute Gasteiger partial charge is 0.289 e. The van der Waals surface area contributed by atoms with Crippen molar-refractivity contribution in [2.75, 3.05) is 0 Å². The third-order valence-corrected chi connectivity index (χ3v) is 4.13. The van der Waals surface area contributed by atoms with Gasteiger partial charge in [-0.3, -0.25) is 4.79 Å². The van der Waals surface area contributed by atoms with E-state index in [1.807, 2.05) is 24.3 Å². The molecule has 0 amide bonds. The average Bonchev–Trinajstić information content (AvgIpc) is 2.55. The summed E-state index contributed by atoms with van der Waals surface area (Å²) in [5.74, 6) is 0. The van der Waals surface area contributed by atoms with Crippen LogP contribution >= 0.6 is 11.3 Å². The minimum Gasteiger partial charge on any atom is -0.289 e. The van der Waals surface area contributed by atoms with E-state index in [2.05, 4.69) is 12.2 Å². The molecule has 0 unspecified atom stereocenters. The van der Waals surface area contributed by atoms with Gasteiger partial charge in [0.05, 0.1) is 0 Å². The molecule has 1 nitrogen and oxygen atoms in total. The fraction of sp³-hybridized carbons (Fsp3) is 0.214. The number of benzene rings is 1.